The Bertz CT molecular complexity index is 744. The average Bonchev–Trinajstić information content (AvgIpc) is 2.98. The number of amides is 1. The van der Waals surface area contributed by atoms with Gasteiger partial charge in [-0.05, 0) is 58.9 Å². The highest BCUT2D eigenvalue weighted by Crippen LogP contribution is 2.26. The van der Waals surface area contributed by atoms with Crippen molar-refractivity contribution in [2.24, 2.45) is 11.7 Å². The molecule has 0 bridgehead atoms. The van der Waals surface area contributed by atoms with E-state index >= 15 is 0 Å². The van der Waals surface area contributed by atoms with Gasteiger partial charge in [0.25, 0.3) is 5.91 Å². The highest BCUT2D eigenvalue weighted by molar-refractivity contribution is 9.10. The molecule has 1 unspecified atom stereocenters. The minimum atomic E-state index is -0.395. The van der Waals surface area contributed by atoms with Crippen molar-refractivity contribution >= 4 is 21.8 Å². The van der Waals surface area contributed by atoms with Gasteiger partial charge in [-0.1, -0.05) is 6.07 Å². The summed E-state index contributed by atoms with van der Waals surface area (Å²) >= 11 is 3.50. The first-order valence-electron chi connectivity index (χ1n) is 7.96. The number of nitrogens with zero attached hydrogens (tertiary/aromatic N) is 2. The number of halogens is 1. The third-order valence-electron chi connectivity index (χ3n) is 4.42. The van der Waals surface area contributed by atoms with Crippen molar-refractivity contribution in [3.05, 3.63) is 45.7 Å². The second-order valence-electron chi connectivity index (χ2n) is 6.05. The van der Waals surface area contributed by atoms with Crippen LogP contribution in [-0.2, 0) is 19.5 Å². The molecule has 0 spiro atoms. The Balaban J connectivity index is 1.55. The maximum atomic E-state index is 11.5. The summed E-state index contributed by atoms with van der Waals surface area (Å²) in [5, 5.41) is 7.74. The molecule has 1 atom stereocenters. The number of nitrogens with one attached hydrogen (secondary N) is 1. The van der Waals surface area contributed by atoms with E-state index in [1.807, 2.05) is 10.7 Å². The highest BCUT2D eigenvalue weighted by atomic mass is 79.9. The molecule has 1 aliphatic heterocycles. The molecule has 3 N–H and O–H groups in total. The van der Waals surface area contributed by atoms with Gasteiger partial charge in [0.15, 0.2) is 0 Å². The molecule has 0 aliphatic carbocycles. The van der Waals surface area contributed by atoms with Crippen LogP contribution >= 0.6 is 15.9 Å². The number of fused-ring (bicyclic) bond motifs is 1. The number of methoxy groups -OCH3 is 1. The molecule has 1 amide bonds. The van der Waals surface area contributed by atoms with Crippen molar-refractivity contribution in [1.82, 2.24) is 15.1 Å². The Morgan fingerprint density at radius 3 is 3.08 bits per heavy atom. The molecule has 1 aliphatic rings. The van der Waals surface area contributed by atoms with Crippen LogP contribution in [0, 0.1) is 5.92 Å². The zero-order valence-corrected chi connectivity index (χ0v) is 15.2. The number of carbonyl (C=O) groups is 1. The fourth-order valence-electron chi connectivity index (χ4n) is 3.12. The molecule has 128 valence electrons. The second-order valence-corrected chi connectivity index (χ2v) is 6.91. The second kappa shape index (κ2) is 7.36. The molecular formula is C17H21BrN4O2. The first-order chi connectivity index (χ1) is 11.6. The topological polar surface area (TPSA) is 82.2 Å². The molecule has 7 heteroatoms. The van der Waals surface area contributed by atoms with Crippen LogP contribution in [0.25, 0.3) is 0 Å². The van der Waals surface area contributed by atoms with E-state index in [-0.39, 0.29) is 0 Å². The molecule has 24 heavy (non-hydrogen) atoms. The zero-order chi connectivity index (χ0) is 17.1. The van der Waals surface area contributed by atoms with Crippen LogP contribution in [0.1, 0.15) is 28.0 Å². The summed E-state index contributed by atoms with van der Waals surface area (Å²) in [6, 6.07) is 6.07. The van der Waals surface area contributed by atoms with Gasteiger partial charge in [-0.15, -0.1) is 0 Å². The zero-order valence-electron chi connectivity index (χ0n) is 13.6. The normalized spacial score (nSPS) is 16.7. The van der Waals surface area contributed by atoms with Gasteiger partial charge in [-0.3, -0.25) is 9.48 Å². The quantitative estimate of drug-likeness (QED) is 0.788. The fourth-order valence-corrected chi connectivity index (χ4v) is 3.71. The summed E-state index contributed by atoms with van der Waals surface area (Å²) in [6.45, 7) is 2.52. The molecule has 1 aromatic carbocycles. The smallest absolute Gasteiger partial charge is 0.252 e. The first kappa shape index (κ1) is 17.0. The van der Waals surface area contributed by atoms with E-state index in [1.165, 1.54) is 5.56 Å². The Labute approximate surface area is 149 Å². The summed E-state index contributed by atoms with van der Waals surface area (Å²) in [7, 11) is 1.66. The number of nitrogens with two attached hydrogens (primary N) is 1. The SMILES string of the molecule is COc1ccc(CNCC2CCn3ncc(C(N)=O)c3C2)cc1Br. The van der Waals surface area contributed by atoms with Crippen LogP contribution < -0.4 is 15.8 Å². The molecule has 3 rings (SSSR count). The Morgan fingerprint density at radius 1 is 1.54 bits per heavy atom. The summed E-state index contributed by atoms with van der Waals surface area (Å²) in [5.74, 6) is 0.917. The number of primary amides is 1. The number of hydrogen-bond donors (Lipinski definition) is 2. The predicted octanol–water partition coefficient (Wildman–Crippen LogP) is 2.11. The molecule has 6 nitrogen and oxygen atoms in total. The molecule has 0 fully saturated rings. The van der Waals surface area contributed by atoms with Crippen LogP contribution in [0.5, 0.6) is 5.75 Å². The van der Waals surface area contributed by atoms with E-state index in [2.05, 4.69) is 38.5 Å². The van der Waals surface area contributed by atoms with E-state index in [1.54, 1.807) is 13.3 Å². The molecule has 0 saturated heterocycles. The van der Waals surface area contributed by atoms with E-state index in [0.29, 0.717) is 11.5 Å². The maximum Gasteiger partial charge on any atom is 0.252 e. The van der Waals surface area contributed by atoms with Gasteiger partial charge >= 0.3 is 0 Å². The average molecular weight is 393 g/mol. The van der Waals surface area contributed by atoms with E-state index in [4.69, 9.17) is 10.5 Å². The first-order valence-corrected chi connectivity index (χ1v) is 8.75. The van der Waals surface area contributed by atoms with Crippen molar-refractivity contribution in [3.63, 3.8) is 0 Å². The monoisotopic (exact) mass is 392 g/mol. The molecule has 2 aromatic rings. The number of ether oxygens (including phenoxy) is 1. The summed E-state index contributed by atoms with van der Waals surface area (Å²) in [5.41, 5.74) is 8.13. The lowest BCUT2D eigenvalue weighted by Crippen LogP contribution is -2.30. The lowest BCUT2D eigenvalue weighted by Gasteiger charge is -2.24. The van der Waals surface area contributed by atoms with Crippen LogP contribution in [-0.4, -0.2) is 29.3 Å². The van der Waals surface area contributed by atoms with Gasteiger partial charge < -0.3 is 15.8 Å². The van der Waals surface area contributed by atoms with Crippen molar-refractivity contribution in [2.75, 3.05) is 13.7 Å². The van der Waals surface area contributed by atoms with Crippen molar-refractivity contribution in [3.8, 4) is 5.75 Å². The molecular weight excluding hydrogens is 372 g/mol. The van der Waals surface area contributed by atoms with E-state index in [0.717, 1.165) is 48.4 Å². The third kappa shape index (κ3) is 3.62. The Kier molecular flexibility index (Phi) is 5.20. The van der Waals surface area contributed by atoms with Gasteiger partial charge in [-0.25, -0.2) is 0 Å². The number of aryl methyl sites for hydroxylation is 1. The predicted molar refractivity (Wildman–Crippen MR) is 95.0 cm³/mol. The number of aromatic nitrogens is 2. The van der Waals surface area contributed by atoms with Gasteiger partial charge in [0, 0.05) is 13.1 Å². The van der Waals surface area contributed by atoms with E-state index in [9.17, 15) is 4.79 Å². The molecule has 0 radical (unpaired) electrons. The summed E-state index contributed by atoms with van der Waals surface area (Å²) < 4.78 is 8.10. The summed E-state index contributed by atoms with van der Waals surface area (Å²) in [4.78, 5) is 11.5. The van der Waals surface area contributed by atoms with E-state index < -0.39 is 5.91 Å². The fraction of sp³-hybridized carbons (Fsp3) is 0.412. The largest absolute Gasteiger partial charge is 0.496 e. The van der Waals surface area contributed by atoms with Crippen molar-refractivity contribution < 1.29 is 9.53 Å². The van der Waals surface area contributed by atoms with Crippen molar-refractivity contribution in [1.29, 1.82) is 0 Å². The van der Waals surface area contributed by atoms with Crippen LogP contribution in [0.3, 0.4) is 0 Å². The summed E-state index contributed by atoms with van der Waals surface area (Å²) in [6.07, 6.45) is 3.46. The van der Waals surface area contributed by atoms with Crippen LogP contribution in [0.4, 0.5) is 0 Å². The highest BCUT2D eigenvalue weighted by Gasteiger charge is 2.23. The van der Waals surface area contributed by atoms with Crippen LogP contribution in [0.2, 0.25) is 0 Å². The number of rotatable bonds is 6. The third-order valence-corrected chi connectivity index (χ3v) is 5.04. The van der Waals surface area contributed by atoms with Gasteiger partial charge in [0.2, 0.25) is 0 Å². The number of carbonyl (C=O) groups excluding carboxylic acids is 1. The molecule has 0 saturated carbocycles. The minimum Gasteiger partial charge on any atom is -0.496 e. The van der Waals surface area contributed by atoms with Crippen molar-refractivity contribution in [2.45, 2.75) is 25.9 Å². The minimum absolute atomic E-state index is 0.395. The van der Waals surface area contributed by atoms with Gasteiger partial charge in [0.05, 0.1) is 29.0 Å². The Hall–Kier alpha value is -1.86. The lowest BCUT2D eigenvalue weighted by atomic mass is 9.94. The standard InChI is InChI=1S/C17H21BrN4O2/c1-24-16-3-2-11(6-14(16)18)8-20-9-12-4-5-22-15(7-12)13(10-21-22)17(19)23/h2-3,6,10,12,20H,4-5,7-9H2,1H3,(H2,19,23). The van der Waals surface area contributed by atoms with Crippen LogP contribution in [0.15, 0.2) is 28.9 Å². The molecule has 2 heterocycles. The lowest BCUT2D eigenvalue weighted by molar-refractivity contribution is 0.0998. The Morgan fingerprint density at radius 2 is 2.38 bits per heavy atom. The number of hydrogen-bond acceptors (Lipinski definition) is 4. The maximum absolute atomic E-state index is 11.5. The number of benzene rings is 1. The molecule has 1 aromatic heterocycles. The van der Waals surface area contributed by atoms with Gasteiger partial charge in [-0.2, -0.15) is 5.10 Å². The van der Waals surface area contributed by atoms with Gasteiger partial charge in [0.1, 0.15) is 5.75 Å².